The molecule has 0 amide bonds. The van der Waals surface area contributed by atoms with Crippen molar-refractivity contribution < 1.29 is 17.9 Å². The fourth-order valence-electron chi connectivity index (χ4n) is 2.53. The SMILES string of the molecule is Cn1cc(C(=N)c2ccccc2)c2cc(OC(F)(F)F)ccc21. The van der Waals surface area contributed by atoms with Crippen molar-refractivity contribution in [1.82, 2.24) is 4.57 Å². The molecule has 0 unspecified atom stereocenters. The smallest absolute Gasteiger partial charge is 0.406 e. The minimum Gasteiger partial charge on any atom is -0.406 e. The molecular weight excluding hydrogens is 305 g/mol. The normalized spacial score (nSPS) is 11.7. The van der Waals surface area contributed by atoms with Gasteiger partial charge in [0.25, 0.3) is 0 Å². The number of fused-ring (bicyclic) bond motifs is 1. The van der Waals surface area contributed by atoms with Crippen LogP contribution in [-0.4, -0.2) is 16.6 Å². The summed E-state index contributed by atoms with van der Waals surface area (Å²) in [6.45, 7) is 0. The Kier molecular flexibility index (Phi) is 3.60. The number of ether oxygens (including phenoxy) is 1. The average Bonchev–Trinajstić information content (AvgIpc) is 2.82. The van der Waals surface area contributed by atoms with E-state index in [0.29, 0.717) is 16.5 Å². The average molecular weight is 318 g/mol. The molecule has 1 N–H and O–H groups in total. The van der Waals surface area contributed by atoms with Crippen LogP contribution < -0.4 is 4.74 Å². The number of alkyl halides is 3. The van der Waals surface area contributed by atoms with Gasteiger partial charge in [-0.2, -0.15) is 0 Å². The maximum Gasteiger partial charge on any atom is 0.573 e. The summed E-state index contributed by atoms with van der Waals surface area (Å²) in [7, 11) is 1.79. The molecule has 0 fully saturated rings. The van der Waals surface area contributed by atoms with E-state index >= 15 is 0 Å². The summed E-state index contributed by atoms with van der Waals surface area (Å²) in [5, 5.41) is 8.88. The first-order valence-corrected chi connectivity index (χ1v) is 6.84. The second-order valence-corrected chi connectivity index (χ2v) is 5.12. The molecule has 0 spiro atoms. The summed E-state index contributed by atoms with van der Waals surface area (Å²) in [6.07, 6.45) is -3.01. The summed E-state index contributed by atoms with van der Waals surface area (Å²) in [6, 6.07) is 13.2. The molecule has 118 valence electrons. The summed E-state index contributed by atoms with van der Waals surface area (Å²) in [4.78, 5) is 0. The zero-order chi connectivity index (χ0) is 16.6. The number of nitrogens with zero attached hydrogens (tertiary/aromatic N) is 1. The molecule has 23 heavy (non-hydrogen) atoms. The van der Waals surface area contributed by atoms with E-state index in [9.17, 15) is 13.2 Å². The molecule has 0 radical (unpaired) electrons. The maximum atomic E-state index is 12.4. The fraction of sp³-hybridized carbons (Fsp3) is 0.118. The molecule has 0 aliphatic rings. The number of hydrogen-bond acceptors (Lipinski definition) is 2. The van der Waals surface area contributed by atoms with E-state index in [2.05, 4.69) is 4.74 Å². The second-order valence-electron chi connectivity index (χ2n) is 5.12. The van der Waals surface area contributed by atoms with Gasteiger partial charge in [0.2, 0.25) is 0 Å². The van der Waals surface area contributed by atoms with Crippen molar-refractivity contribution in [2.24, 2.45) is 7.05 Å². The van der Waals surface area contributed by atoms with Gasteiger partial charge in [0, 0.05) is 35.3 Å². The molecule has 0 saturated heterocycles. The number of hydrogen-bond donors (Lipinski definition) is 1. The highest BCUT2D eigenvalue weighted by Gasteiger charge is 2.31. The molecule has 0 saturated carbocycles. The zero-order valence-electron chi connectivity index (χ0n) is 12.2. The number of aryl methyl sites for hydroxylation is 1. The summed E-state index contributed by atoms with van der Waals surface area (Å²) in [5.74, 6) is -0.293. The first-order valence-electron chi connectivity index (χ1n) is 6.84. The summed E-state index contributed by atoms with van der Waals surface area (Å²) >= 11 is 0. The van der Waals surface area contributed by atoms with Crippen molar-refractivity contribution in [1.29, 1.82) is 5.41 Å². The van der Waals surface area contributed by atoms with Crippen molar-refractivity contribution in [2.45, 2.75) is 6.36 Å². The number of aromatic nitrogens is 1. The molecule has 0 aliphatic carbocycles. The molecule has 3 nitrogen and oxygen atoms in total. The van der Waals surface area contributed by atoms with Crippen LogP contribution in [0, 0.1) is 5.41 Å². The van der Waals surface area contributed by atoms with Crippen LogP contribution in [0.5, 0.6) is 5.75 Å². The van der Waals surface area contributed by atoms with Gasteiger partial charge in [-0.05, 0) is 18.2 Å². The van der Waals surface area contributed by atoms with Gasteiger partial charge in [-0.1, -0.05) is 30.3 Å². The van der Waals surface area contributed by atoms with Crippen molar-refractivity contribution >= 4 is 16.6 Å². The number of rotatable bonds is 3. The van der Waals surface area contributed by atoms with E-state index in [4.69, 9.17) is 5.41 Å². The Morgan fingerprint density at radius 3 is 2.43 bits per heavy atom. The van der Waals surface area contributed by atoms with Crippen molar-refractivity contribution in [3.8, 4) is 5.75 Å². The lowest BCUT2D eigenvalue weighted by molar-refractivity contribution is -0.274. The number of nitrogens with one attached hydrogen (secondary N) is 1. The number of benzene rings is 2. The zero-order valence-corrected chi connectivity index (χ0v) is 12.2. The van der Waals surface area contributed by atoms with Crippen LogP contribution in [0.1, 0.15) is 11.1 Å². The van der Waals surface area contributed by atoms with Gasteiger partial charge in [-0.3, -0.25) is 5.41 Å². The largest absolute Gasteiger partial charge is 0.573 e. The van der Waals surface area contributed by atoms with Gasteiger partial charge in [-0.25, -0.2) is 0 Å². The fourth-order valence-corrected chi connectivity index (χ4v) is 2.53. The van der Waals surface area contributed by atoms with Crippen molar-refractivity contribution in [3.63, 3.8) is 0 Å². The van der Waals surface area contributed by atoms with Crippen LogP contribution in [0.2, 0.25) is 0 Å². The summed E-state index contributed by atoms with van der Waals surface area (Å²) < 4.78 is 43.0. The molecule has 3 rings (SSSR count). The third-order valence-corrected chi connectivity index (χ3v) is 3.53. The Hall–Kier alpha value is -2.76. The third-order valence-electron chi connectivity index (χ3n) is 3.53. The lowest BCUT2D eigenvalue weighted by Crippen LogP contribution is -2.17. The third kappa shape index (κ3) is 3.06. The van der Waals surface area contributed by atoms with Gasteiger partial charge in [0.15, 0.2) is 0 Å². The Morgan fingerprint density at radius 1 is 1.09 bits per heavy atom. The van der Waals surface area contributed by atoms with E-state index in [1.807, 2.05) is 18.2 Å². The van der Waals surface area contributed by atoms with Crippen molar-refractivity contribution in [2.75, 3.05) is 0 Å². The lowest BCUT2D eigenvalue weighted by Gasteiger charge is -2.09. The molecule has 6 heteroatoms. The van der Waals surface area contributed by atoms with Gasteiger partial charge in [-0.15, -0.1) is 13.2 Å². The molecular formula is C17H13F3N2O. The van der Waals surface area contributed by atoms with Crippen LogP contribution in [0.4, 0.5) is 13.2 Å². The van der Waals surface area contributed by atoms with E-state index in [1.54, 1.807) is 36.0 Å². The molecule has 0 atom stereocenters. The molecule has 1 heterocycles. The minimum absolute atomic E-state index is 0.250. The van der Waals surface area contributed by atoms with Crippen LogP contribution in [-0.2, 0) is 7.05 Å². The van der Waals surface area contributed by atoms with Crippen molar-refractivity contribution in [3.05, 3.63) is 65.9 Å². The van der Waals surface area contributed by atoms with Crippen LogP contribution in [0.15, 0.2) is 54.7 Å². The van der Waals surface area contributed by atoms with E-state index < -0.39 is 6.36 Å². The molecule has 0 bridgehead atoms. The highest BCUT2D eigenvalue weighted by atomic mass is 19.4. The predicted octanol–water partition coefficient (Wildman–Crippen LogP) is 4.49. The minimum atomic E-state index is -4.74. The Bertz CT molecular complexity index is 867. The van der Waals surface area contributed by atoms with Gasteiger partial charge in [0.1, 0.15) is 5.75 Å². The standard InChI is InChI=1S/C17H13F3N2O/c1-22-10-14(16(21)11-5-3-2-4-6-11)13-9-12(7-8-15(13)22)23-17(18,19)20/h2-10,21H,1H3. The maximum absolute atomic E-state index is 12.4. The first-order chi connectivity index (χ1) is 10.8. The van der Waals surface area contributed by atoms with E-state index in [0.717, 1.165) is 5.52 Å². The van der Waals surface area contributed by atoms with Gasteiger partial charge >= 0.3 is 6.36 Å². The Morgan fingerprint density at radius 2 is 1.78 bits per heavy atom. The quantitative estimate of drug-likeness (QED) is 0.710. The number of halogens is 3. The Balaban J connectivity index is 2.10. The van der Waals surface area contributed by atoms with Gasteiger partial charge in [0.05, 0.1) is 5.71 Å². The van der Waals surface area contributed by atoms with Gasteiger partial charge < -0.3 is 9.30 Å². The monoisotopic (exact) mass is 318 g/mol. The highest BCUT2D eigenvalue weighted by molar-refractivity contribution is 6.18. The molecule has 0 aliphatic heterocycles. The lowest BCUT2D eigenvalue weighted by atomic mass is 10.0. The highest BCUT2D eigenvalue weighted by Crippen LogP contribution is 2.30. The topological polar surface area (TPSA) is 38.0 Å². The second kappa shape index (κ2) is 5.46. The molecule has 2 aromatic carbocycles. The van der Waals surface area contributed by atoms with E-state index in [1.165, 1.54) is 12.1 Å². The molecule has 1 aromatic heterocycles. The van der Waals surface area contributed by atoms with Crippen LogP contribution in [0.3, 0.4) is 0 Å². The van der Waals surface area contributed by atoms with E-state index in [-0.39, 0.29) is 11.5 Å². The predicted molar refractivity (Wildman–Crippen MR) is 82.0 cm³/mol. The molecule has 3 aromatic rings. The summed E-state index contributed by atoms with van der Waals surface area (Å²) in [5.41, 5.74) is 2.24. The first kappa shape index (κ1) is 15.1. The Labute approximate surface area is 130 Å². The van der Waals surface area contributed by atoms with Crippen LogP contribution in [0.25, 0.3) is 10.9 Å². The van der Waals surface area contributed by atoms with Crippen LogP contribution >= 0.6 is 0 Å².